The smallest absolute Gasteiger partial charge is 0.348 e. The molecule has 1 atom stereocenters. The number of carbonyl (C=O) groups excluding carboxylic acids is 3. The standard InChI is InChI=1S/C29H28ClNO6S/c1-36-10-7-23(24(32)12-19-5-6-26(38-19)28(35)37-2)31-16-22-21(13-27(31)34)20-11-18(30)4-3-17(20)14-29(8-9-29)15-25(22)33/h3-6,11,13,16,23H,7-10,12,14-15H2,1-2H3. The van der Waals surface area contributed by atoms with E-state index in [1.807, 2.05) is 18.2 Å². The van der Waals surface area contributed by atoms with Crippen molar-refractivity contribution in [3.05, 3.63) is 78.9 Å². The summed E-state index contributed by atoms with van der Waals surface area (Å²) >= 11 is 7.52. The van der Waals surface area contributed by atoms with Crippen molar-refractivity contribution in [2.45, 2.75) is 44.6 Å². The molecule has 0 aliphatic heterocycles. The van der Waals surface area contributed by atoms with Gasteiger partial charge >= 0.3 is 5.97 Å². The molecule has 198 valence electrons. The van der Waals surface area contributed by atoms with Crippen LogP contribution in [0.4, 0.5) is 0 Å². The van der Waals surface area contributed by atoms with E-state index in [-0.39, 0.29) is 42.0 Å². The van der Waals surface area contributed by atoms with Crippen molar-refractivity contribution in [2.75, 3.05) is 20.8 Å². The van der Waals surface area contributed by atoms with Crippen molar-refractivity contribution in [3.8, 4) is 11.1 Å². The second-order valence-electron chi connectivity index (χ2n) is 10.1. The molecular formula is C29H28ClNO6S. The minimum Gasteiger partial charge on any atom is -0.465 e. The highest BCUT2D eigenvalue weighted by molar-refractivity contribution is 7.14. The molecule has 1 saturated carbocycles. The van der Waals surface area contributed by atoms with Gasteiger partial charge in [-0.3, -0.25) is 14.4 Å². The Morgan fingerprint density at radius 2 is 1.84 bits per heavy atom. The third-order valence-electron chi connectivity index (χ3n) is 7.50. The number of rotatable bonds is 8. The minimum atomic E-state index is -0.830. The summed E-state index contributed by atoms with van der Waals surface area (Å²) in [5, 5.41) is 0.534. The average molecular weight is 554 g/mol. The number of pyridine rings is 1. The number of hydrogen-bond acceptors (Lipinski definition) is 7. The van der Waals surface area contributed by atoms with Crippen LogP contribution in [0.1, 0.15) is 62.2 Å². The van der Waals surface area contributed by atoms with Gasteiger partial charge in [-0.25, -0.2) is 4.79 Å². The fourth-order valence-corrected chi connectivity index (χ4v) is 6.39. The molecule has 0 radical (unpaired) electrons. The maximum atomic E-state index is 13.6. The first-order valence-corrected chi connectivity index (χ1v) is 13.7. The van der Waals surface area contributed by atoms with E-state index < -0.39 is 12.0 Å². The maximum Gasteiger partial charge on any atom is 0.348 e. The molecule has 2 aromatic heterocycles. The van der Waals surface area contributed by atoms with Crippen LogP contribution in [0.25, 0.3) is 11.1 Å². The summed E-state index contributed by atoms with van der Waals surface area (Å²) in [7, 11) is 2.84. The van der Waals surface area contributed by atoms with Crippen LogP contribution in [0.15, 0.2) is 47.4 Å². The second-order valence-corrected chi connectivity index (χ2v) is 11.7. The zero-order valence-electron chi connectivity index (χ0n) is 21.3. The molecule has 38 heavy (non-hydrogen) atoms. The fraction of sp³-hybridized carbons (Fsp3) is 0.379. The van der Waals surface area contributed by atoms with Crippen LogP contribution >= 0.6 is 22.9 Å². The summed E-state index contributed by atoms with van der Waals surface area (Å²) in [6.45, 7) is 0.257. The molecule has 2 aliphatic rings. The van der Waals surface area contributed by atoms with Gasteiger partial charge in [0.15, 0.2) is 11.6 Å². The number of aromatic nitrogens is 1. The van der Waals surface area contributed by atoms with Gasteiger partial charge in [-0.05, 0) is 72.1 Å². The molecule has 1 spiro atoms. The van der Waals surface area contributed by atoms with Crippen LogP contribution in [-0.2, 0) is 27.1 Å². The summed E-state index contributed by atoms with van der Waals surface area (Å²) in [5.41, 5.74) is 2.43. The Morgan fingerprint density at radius 1 is 1.05 bits per heavy atom. The molecule has 5 rings (SSSR count). The molecule has 2 aliphatic carbocycles. The molecule has 2 heterocycles. The average Bonchev–Trinajstić information content (AvgIpc) is 3.48. The predicted molar refractivity (Wildman–Crippen MR) is 145 cm³/mol. The number of fused-ring (bicyclic) bond motifs is 3. The largest absolute Gasteiger partial charge is 0.465 e. The van der Waals surface area contributed by atoms with Crippen molar-refractivity contribution >= 4 is 40.5 Å². The van der Waals surface area contributed by atoms with Crippen molar-refractivity contribution < 1.29 is 23.9 Å². The molecule has 0 N–H and O–H groups in total. The summed E-state index contributed by atoms with van der Waals surface area (Å²) in [4.78, 5) is 53.5. The number of hydrogen-bond donors (Lipinski definition) is 0. The second kappa shape index (κ2) is 10.6. The molecular weight excluding hydrogens is 526 g/mol. The summed E-state index contributed by atoms with van der Waals surface area (Å²) < 4.78 is 11.4. The normalized spacial score (nSPS) is 16.2. The van der Waals surface area contributed by atoms with Gasteiger partial charge in [-0.2, -0.15) is 0 Å². The van der Waals surface area contributed by atoms with E-state index in [4.69, 9.17) is 21.1 Å². The Morgan fingerprint density at radius 3 is 2.55 bits per heavy atom. The number of carbonyl (C=O) groups is 3. The van der Waals surface area contributed by atoms with Gasteiger partial charge in [-0.15, -0.1) is 11.3 Å². The van der Waals surface area contributed by atoms with E-state index in [0.29, 0.717) is 32.3 Å². The Bertz CT molecular complexity index is 1480. The van der Waals surface area contributed by atoms with Crippen LogP contribution < -0.4 is 5.56 Å². The number of thiophene rings is 1. The van der Waals surface area contributed by atoms with Gasteiger partial charge in [0.2, 0.25) is 0 Å². The Hall–Kier alpha value is -3.07. The molecule has 9 heteroatoms. The van der Waals surface area contributed by atoms with Gasteiger partial charge in [0.1, 0.15) is 4.88 Å². The highest BCUT2D eigenvalue weighted by atomic mass is 35.5. The molecule has 7 nitrogen and oxygen atoms in total. The zero-order valence-corrected chi connectivity index (χ0v) is 22.8. The third-order valence-corrected chi connectivity index (χ3v) is 8.80. The number of nitrogens with zero attached hydrogens (tertiary/aromatic N) is 1. The molecule has 3 aromatic rings. The van der Waals surface area contributed by atoms with Crippen LogP contribution in [0.2, 0.25) is 5.02 Å². The lowest BCUT2D eigenvalue weighted by molar-refractivity contribution is -0.122. The number of halogens is 1. The van der Waals surface area contributed by atoms with E-state index in [2.05, 4.69) is 0 Å². The number of Topliss-reactive ketones (excluding diaryl/α,β-unsaturated/α-hetero) is 2. The van der Waals surface area contributed by atoms with Crippen molar-refractivity contribution in [2.24, 2.45) is 5.41 Å². The molecule has 1 unspecified atom stereocenters. The predicted octanol–water partition coefficient (Wildman–Crippen LogP) is 5.32. The van der Waals surface area contributed by atoms with Crippen LogP contribution in [0, 0.1) is 5.41 Å². The van der Waals surface area contributed by atoms with E-state index >= 15 is 0 Å². The minimum absolute atomic E-state index is 0.0317. The third kappa shape index (κ3) is 5.25. The molecule has 0 saturated heterocycles. The lowest BCUT2D eigenvalue weighted by atomic mass is 9.81. The van der Waals surface area contributed by atoms with Crippen LogP contribution in [0.5, 0.6) is 0 Å². The van der Waals surface area contributed by atoms with Crippen LogP contribution in [0.3, 0.4) is 0 Å². The van der Waals surface area contributed by atoms with Gasteiger partial charge in [0.25, 0.3) is 5.56 Å². The Balaban J connectivity index is 1.55. The SMILES string of the molecule is COCCC(C(=O)Cc1ccc(C(=O)OC)s1)n1cc2c(cc1=O)-c1cc(Cl)ccc1CC1(CC1)CC2=O. The van der Waals surface area contributed by atoms with Gasteiger partial charge in [0.05, 0.1) is 13.2 Å². The van der Waals surface area contributed by atoms with Gasteiger partial charge in [-0.1, -0.05) is 17.7 Å². The van der Waals surface area contributed by atoms with E-state index in [9.17, 15) is 19.2 Å². The lowest BCUT2D eigenvalue weighted by Crippen LogP contribution is -2.32. The Labute approximate surface area is 229 Å². The van der Waals surface area contributed by atoms with E-state index in [0.717, 1.165) is 30.4 Å². The molecule has 0 bridgehead atoms. The Kier molecular flexibility index (Phi) is 7.40. The maximum absolute atomic E-state index is 13.6. The monoisotopic (exact) mass is 553 g/mol. The number of ketones is 2. The summed E-state index contributed by atoms with van der Waals surface area (Å²) in [6, 6.07) is 9.61. The zero-order chi connectivity index (χ0) is 27.0. The van der Waals surface area contributed by atoms with Crippen LogP contribution in [-0.4, -0.2) is 42.9 Å². The first-order chi connectivity index (χ1) is 18.2. The van der Waals surface area contributed by atoms with Crippen molar-refractivity contribution in [3.63, 3.8) is 0 Å². The summed E-state index contributed by atoms with van der Waals surface area (Å²) in [5.74, 6) is -0.701. The lowest BCUT2D eigenvalue weighted by Gasteiger charge is -2.25. The summed E-state index contributed by atoms with van der Waals surface area (Å²) in [6.07, 6.45) is 5.01. The molecule has 1 aromatic carbocycles. The fourth-order valence-electron chi connectivity index (χ4n) is 5.28. The van der Waals surface area contributed by atoms with E-state index in [1.165, 1.54) is 36.2 Å². The molecule has 1 fully saturated rings. The number of methoxy groups -OCH3 is 2. The van der Waals surface area contributed by atoms with Gasteiger partial charge < -0.3 is 14.0 Å². The number of esters is 1. The molecule has 0 amide bonds. The highest BCUT2D eigenvalue weighted by Gasteiger charge is 2.46. The van der Waals surface area contributed by atoms with E-state index in [1.54, 1.807) is 18.3 Å². The first-order valence-electron chi connectivity index (χ1n) is 12.5. The van der Waals surface area contributed by atoms with Crippen molar-refractivity contribution in [1.82, 2.24) is 4.57 Å². The van der Waals surface area contributed by atoms with Crippen molar-refractivity contribution in [1.29, 1.82) is 0 Å². The quantitative estimate of drug-likeness (QED) is 0.351. The first kappa shape index (κ1) is 26.5. The number of ether oxygens (including phenoxy) is 2. The van der Waals surface area contributed by atoms with Gasteiger partial charge in [0, 0.05) is 54.3 Å². The topological polar surface area (TPSA) is 91.7 Å². The number of benzene rings is 1. The highest BCUT2D eigenvalue weighted by Crippen LogP contribution is 2.54.